The highest BCUT2D eigenvalue weighted by Gasteiger charge is 2.38. The topological polar surface area (TPSA) is 57.6 Å². The van der Waals surface area contributed by atoms with Crippen LogP contribution in [0, 0.1) is 11.8 Å². The molecule has 4 rings (SSSR count). The van der Waals surface area contributed by atoms with Crippen LogP contribution in [0.25, 0.3) is 0 Å². The Morgan fingerprint density at radius 2 is 2.00 bits per heavy atom. The average Bonchev–Trinajstić information content (AvgIpc) is 3.34. The minimum Gasteiger partial charge on any atom is -0.347 e. The molecule has 4 heterocycles. The van der Waals surface area contributed by atoms with Crippen molar-refractivity contribution in [3.63, 3.8) is 0 Å². The van der Waals surface area contributed by atoms with Crippen molar-refractivity contribution in [2.24, 2.45) is 18.9 Å². The Balaban J connectivity index is 1.30. The third-order valence-electron chi connectivity index (χ3n) is 6.62. The van der Waals surface area contributed by atoms with E-state index in [1.54, 1.807) is 0 Å². The highest BCUT2D eigenvalue weighted by atomic mass is 16.2. The second-order valence-corrected chi connectivity index (χ2v) is 8.57. The van der Waals surface area contributed by atoms with Crippen LogP contribution >= 0.6 is 0 Å². The van der Waals surface area contributed by atoms with Gasteiger partial charge in [-0.05, 0) is 62.6 Å². The maximum absolute atomic E-state index is 12.9. The zero-order valence-electron chi connectivity index (χ0n) is 16.4. The van der Waals surface area contributed by atoms with E-state index in [-0.39, 0.29) is 5.91 Å². The fraction of sp³-hybridized carbons (Fsp3) is 0.714. The Kier molecular flexibility index (Phi) is 5.53. The molecule has 0 aromatic carbocycles. The predicted molar refractivity (Wildman–Crippen MR) is 104 cm³/mol. The molecule has 2 amide bonds. The lowest BCUT2D eigenvalue weighted by Gasteiger charge is -2.46. The van der Waals surface area contributed by atoms with Gasteiger partial charge in [-0.3, -0.25) is 9.59 Å². The van der Waals surface area contributed by atoms with Crippen molar-refractivity contribution in [3.05, 3.63) is 24.0 Å². The molecule has 0 aliphatic carbocycles. The van der Waals surface area contributed by atoms with Gasteiger partial charge in [0.15, 0.2) is 0 Å². The third-order valence-corrected chi connectivity index (χ3v) is 6.62. The monoisotopic (exact) mass is 372 g/mol. The zero-order valence-corrected chi connectivity index (χ0v) is 16.4. The fourth-order valence-corrected chi connectivity index (χ4v) is 5.12. The molecule has 3 aliphatic heterocycles. The molecule has 27 heavy (non-hydrogen) atoms. The number of carbonyl (C=O) groups excluding carboxylic acids is 2. The van der Waals surface area contributed by atoms with Crippen molar-refractivity contribution < 1.29 is 9.59 Å². The first-order valence-electron chi connectivity index (χ1n) is 10.5. The number of fused-ring (bicyclic) bond motifs is 2. The Hall–Kier alpha value is -1.82. The zero-order chi connectivity index (χ0) is 18.8. The summed E-state index contributed by atoms with van der Waals surface area (Å²) in [6.45, 7) is 4.56. The molecule has 1 aromatic heterocycles. The van der Waals surface area contributed by atoms with Gasteiger partial charge in [0.25, 0.3) is 5.91 Å². The van der Waals surface area contributed by atoms with Crippen molar-refractivity contribution in [3.8, 4) is 0 Å². The molecule has 0 radical (unpaired) electrons. The second kappa shape index (κ2) is 8.05. The van der Waals surface area contributed by atoms with Gasteiger partial charge in [0.05, 0.1) is 0 Å². The number of nitrogens with zero attached hydrogens (tertiary/aromatic N) is 3. The van der Waals surface area contributed by atoms with Gasteiger partial charge in [0, 0.05) is 51.9 Å². The van der Waals surface area contributed by atoms with Crippen LogP contribution in [0.3, 0.4) is 0 Å². The standard InChI is InChI=1S/C21H32N4O2/c1-23-9-5-7-19(23)21(27)25-14-16-12-17(15-25)18(22-13-16)6-4-8-20(26)24-10-2-3-11-24/h5,7,9,16-18,22H,2-4,6,8,10-15H2,1H3/t16?,17?,18-/m1/s1. The van der Waals surface area contributed by atoms with Crippen molar-refractivity contribution in [1.29, 1.82) is 0 Å². The van der Waals surface area contributed by atoms with E-state index in [1.165, 1.54) is 6.42 Å². The predicted octanol–water partition coefficient (Wildman–Crippen LogP) is 1.87. The third kappa shape index (κ3) is 4.05. The van der Waals surface area contributed by atoms with E-state index in [0.717, 1.165) is 64.1 Å². The number of aryl methyl sites for hydroxylation is 1. The number of aromatic nitrogens is 1. The molecule has 3 fully saturated rings. The van der Waals surface area contributed by atoms with E-state index in [2.05, 4.69) is 10.2 Å². The molecular formula is C21H32N4O2. The smallest absolute Gasteiger partial charge is 0.270 e. The van der Waals surface area contributed by atoms with Crippen molar-refractivity contribution in [2.45, 2.75) is 44.6 Å². The fourth-order valence-electron chi connectivity index (χ4n) is 5.12. The second-order valence-electron chi connectivity index (χ2n) is 8.57. The van der Waals surface area contributed by atoms with E-state index in [1.807, 2.05) is 34.8 Å². The molecule has 1 N–H and O–H groups in total. The van der Waals surface area contributed by atoms with Gasteiger partial charge in [-0.1, -0.05) is 0 Å². The summed E-state index contributed by atoms with van der Waals surface area (Å²) >= 11 is 0. The first-order chi connectivity index (χ1) is 13.1. The number of hydrogen-bond donors (Lipinski definition) is 1. The van der Waals surface area contributed by atoms with Gasteiger partial charge < -0.3 is 19.7 Å². The van der Waals surface area contributed by atoms with Gasteiger partial charge in [0.1, 0.15) is 5.69 Å². The van der Waals surface area contributed by atoms with Crippen LogP contribution in [0.2, 0.25) is 0 Å². The van der Waals surface area contributed by atoms with Crippen LogP contribution in [-0.2, 0) is 11.8 Å². The SMILES string of the molecule is Cn1cccc1C(=O)N1CC2CN[C@H](CCCC(=O)N3CCCC3)C(C2)C1. The maximum Gasteiger partial charge on any atom is 0.270 e. The summed E-state index contributed by atoms with van der Waals surface area (Å²) in [5, 5.41) is 3.70. The van der Waals surface area contributed by atoms with Crippen molar-refractivity contribution in [2.75, 3.05) is 32.7 Å². The van der Waals surface area contributed by atoms with Gasteiger partial charge in [-0.15, -0.1) is 0 Å². The summed E-state index contributed by atoms with van der Waals surface area (Å²) in [5.41, 5.74) is 0.774. The molecule has 3 atom stereocenters. The number of hydrogen-bond acceptors (Lipinski definition) is 3. The molecule has 6 nitrogen and oxygen atoms in total. The lowest BCUT2D eigenvalue weighted by Crippen LogP contribution is -2.57. The average molecular weight is 373 g/mol. The van der Waals surface area contributed by atoms with Crippen LogP contribution < -0.4 is 5.32 Å². The largest absolute Gasteiger partial charge is 0.347 e. The number of piperidine rings is 2. The summed E-state index contributed by atoms with van der Waals surface area (Å²) < 4.78 is 1.91. The number of amides is 2. The van der Waals surface area contributed by atoms with Gasteiger partial charge in [0.2, 0.25) is 5.91 Å². The molecule has 0 saturated carbocycles. The molecule has 6 heteroatoms. The quantitative estimate of drug-likeness (QED) is 0.858. The maximum atomic E-state index is 12.9. The minimum absolute atomic E-state index is 0.155. The number of likely N-dealkylation sites (tertiary alicyclic amines) is 2. The van der Waals surface area contributed by atoms with Crippen molar-refractivity contribution >= 4 is 11.8 Å². The summed E-state index contributed by atoms with van der Waals surface area (Å²) in [6, 6.07) is 4.27. The van der Waals surface area contributed by atoms with Gasteiger partial charge >= 0.3 is 0 Å². The normalized spacial score (nSPS) is 27.8. The van der Waals surface area contributed by atoms with Crippen LogP contribution in [0.4, 0.5) is 0 Å². The Labute approximate surface area is 161 Å². The molecule has 0 spiro atoms. The lowest BCUT2D eigenvalue weighted by molar-refractivity contribution is -0.130. The Morgan fingerprint density at radius 1 is 1.19 bits per heavy atom. The Bertz CT molecular complexity index is 679. The molecule has 2 unspecified atom stereocenters. The molecule has 148 valence electrons. The molecule has 3 saturated heterocycles. The highest BCUT2D eigenvalue weighted by molar-refractivity contribution is 5.92. The van der Waals surface area contributed by atoms with Crippen molar-refractivity contribution in [1.82, 2.24) is 19.7 Å². The van der Waals surface area contributed by atoms with E-state index in [9.17, 15) is 9.59 Å². The molecule has 2 bridgehead atoms. The molecule has 1 aromatic rings. The van der Waals surface area contributed by atoms with Crippen LogP contribution in [0.5, 0.6) is 0 Å². The number of nitrogens with one attached hydrogen (secondary N) is 1. The Morgan fingerprint density at radius 3 is 2.74 bits per heavy atom. The first-order valence-corrected chi connectivity index (χ1v) is 10.5. The summed E-state index contributed by atoms with van der Waals surface area (Å²) in [7, 11) is 1.93. The van der Waals surface area contributed by atoms with Crippen LogP contribution in [0.1, 0.15) is 49.0 Å². The van der Waals surface area contributed by atoms with E-state index in [0.29, 0.717) is 30.2 Å². The van der Waals surface area contributed by atoms with Crippen LogP contribution in [0.15, 0.2) is 18.3 Å². The molecule has 3 aliphatic rings. The van der Waals surface area contributed by atoms with E-state index < -0.39 is 0 Å². The lowest BCUT2D eigenvalue weighted by atomic mass is 9.79. The van der Waals surface area contributed by atoms with Gasteiger partial charge in [-0.25, -0.2) is 0 Å². The van der Waals surface area contributed by atoms with E-state index >= 15 is 0 Å². The molecular weight excluding hydrogens is 340 g/mol. The number of carbonyl (C=O) groups is 2. The summed E-state index contributed by atoms with van der Waals surface area (Å²) in [5.74, 6) is 1.53. The highest BCUT2D eigenvalue weighted by Crippen LogP contribution is 2.31. The van der Waals surface area contributed by atoms with Gasteiger partial charge in [-0.2, -0.15) is 0 Å². The number of rotatable bonds is 5. The minimum atomic E-state index is 0.155. The first kappa shape index (κ1) is 18.5. The van der Waals surface area contributed by atoms with Crippen LogP contribution in [-0.4, -0.2) is 64.9 Å². The summed E-state index contributed by atoms with van der Waals surface area (Å²) in [6.07, 6.45) is 8.09. The van der Waals surface area contributed by atoms with E-state index in [4.69, 9.17) is 0 Å². The summed E-state index contributed by atoms with van der Waals surface area (Å²) in [4.78, 5) is 29.2.